The van der Waals surface area contributed by atoms with E-state index < -0.39 is 0 Å². The molecular weight excluding hydrogens is 280 g/mol. The molecule has 1 atom stereocenters. The Morgan fingerprint density at radius 3 is 2.59 bits per heavy atom. The first-order chi connectivity index (χ1) is 10.5. The van der Waals surface area contributed by atoms with Crippen LogP contribution in [0.2, 0.25) is 0 Å². The summed E-state index contributed by atoms with van der Waals surface area (Å²) < 4.78 is 5.52. The summed E-state index contributed by atoms with van der Waals surface area (Å²) in [6.07, 6.45) is 0.940. The highest BCUT2D eigenvalue weighted by Crippen LogP contribution is 2.19. The van der Waals surface area contributed by atoms with Crippen molar-refractivity contribution in [3.63, 3.8) is 0 Å². The Morgan fingerprint density at radius 2 is 2.00 bits per heavy atom. The maximum Gasteiger partial charge on any atom is 0.254 e. The van der Waals surface area contributed by atoms with Crippen LogP contribution in [0, 0.1) is 5.92 Å². The molecular formula is C17H24N2O3. The van der Waals surface area contributed by atoms with Crippen LogP contribution in [0.3, 0.4) is 0 Å². The number of rotatable bonds is 4. The minimum atomic E-state index is -0.121. The van der Waals surface area contributed by atoms with Crippen LogP contribution in [0.1, 0.15) is 37.6 Å². The second-order valence-electron chi connectivity index (χ2n) is 6.12. The fraction of sp³-hybridized carbons (Fsp3) is 0.529. The first-order valence-electron chi connectivity index (χ1n) is 7.73. The van der Waals surface area contributed by atoms with Gasteiger partial charge in [0.1, 0.15) is 0 Å². The van der Waals surface area contributed by atoms with Crippen LogP contribution in [-0.2, 0) is 9.53 Å². The number of benzene rings is 1. The number of carbonyl (C=O) groups is 2. The van der Waals surface area contributed by atoms with Gasteiger partial charge in [0.05, 0.1) is 19.3 Å². The molecule has 1 heterocycles. The topological polar surface area (TPSA) is 58.6 Å². The van der Waals surface area contributed by atoms with Gasteiger partial charge in [-0.25, -0.2) is 0 Å². The van der Waals surface area contributed by atoms with Crippen molar-refractivity contribution >= 4 is 17.5 Å². The van der Waals surface area contributed by atoms with Crippen LogP contribution in [0.15, 0.2) is 24.3 Å². The molecule has 0 aromatic heterocycles. The fourth-order valence-electron chi connectivity index (χ4n) is 2.73. The Labute approximate surface area is 131 Å². The molecule has 5 nitrogen and oxygen atoms in total. The van der Waals surface area contributed by atoms with Crippen LogP contribution in [0.25, 0.3) is 0 Å². The van der Waals surface area contributed by atoms with E-state index in [4.69, 9.17) is 4.74 Å². The molecule has 22 heavy (non-hydrogen) atoms. The second kappa shape index (κ2) is 7.40. The number of amides is 2. The summed E-state index contributed by atoms with van der Waals surface area (Å²) >= 11 is 0. The number of morpholine rings is 1. The predicted molar refractivity (Wildman–Crippen MR) is 85.8 cm³/mol. The monoisotopic (exact) mass is 304 g/mol. The lowest BCUT2D eigenvalue weighted by molar-refractivity contribution is -0.114. The summed E-state index contributed by atoms with van der Waals surface area (Å²) in [5.41, 5.74) is 1.34. The summed E-state index contributed by atoms with van der Waals surface area (Å²) in [6, 6.07) is 7.17. The molecule has 0 radical (unpaired) electrons. The third-order valence-corrected chi connectivity index (χ3v) is 3.68. The normalized spacial score (nSPS) is 18.4. The van der Waals surface area contributed by atoms with Crippen LogP contribution in [0.5, 0.6) is 0 Å². The molecule has 2 amide bonds. The van der Waals surface area contributed by atoms with Crippen molar-refractivity contribution in [2.24, 2.45) is 5.92 Å². The van der Waals surface area contributed by atoms with Crippen LogP contribution in [0.4, 0.5) is 5.69 Å². The van der Waals surface area contributed by atoms with Gasteiger partial charge in [-0.2, -0.15) is 0 Å². The summed E-state index contributed by atoms with van der Waals surface area (Å²) in [7, 11) is 0. The zero-order chi connectivity index (χ0) is 16.1. The highest BCUT2D eigenvalue weighted by atomic mass is 16.5. The maximum atomic E-state index is 12.7. The molecule has 1 aliphatic heterocycles. The van der Waals surface area contributed by atoms with Crippen molar-refractivity contribution < 1.29 is 14.3 Å². The Bertz CT molecular complexity index is 525. The van der Waals surface area contributed by atoms with Gasteiger partial charge >= 0.3 is 0 Å². The largest absolute Gasteiger partial charge is 0.377 e. The smallest absolute Gasteiger partial charge is 0.254 e. The maximum absolute atomic E-state index is 12.7. The lowest BCUT2D eigenvalue weighted by Gasteiger charge is -2.36. The Balaban J connectivity index is 2.09. The molecule has 0 unspecified atom stereocenters. The minimum absolute atomic E-state index is 0.0309. The van der Waals surface area contributed by atoms with E-state index in [1.54, 1.807) is 24.3 Å². The van der Waals surface area contributed by atoms with Crippen LogP contribution in [-0.4, -0.2) is 42.5 Å². The Morgan fingerprint density at radius 1 is 1.32 bits per heavy atom. The van der Waals surface area contributed by atoms with Gasteiger partial charge in [0, 0.05) is 24.7 Å². The van der Waals surface area contributed by atoms with Gasteiger partial charge in [0.2, 0.25) is 5.91 Å². The quantitative estimate of drug-likeness (QED) is 0.930. The second-order valence-corrected chi connectivity index (χ2v) is 6.12. The zero-order valence-corrected chi connectivity index (χ0v) is 13.5. The summed E-state index contributed by atoms with van der Waals surface area (Å²) in [6.45, 7) is 7.59. The van der Waals surface area contributed by atoms with Crippen molar-refractivity contribution in [3.05, 3.63) is 29.8 Å². The number of hydrogen-bond donors (Lipinski definition) is 1. The first kappa shape index (κ1) is 16.5. The third-order valence-electron chi connectivity index (χ3n) is 3.68. The molecule has 1 saturated heterocycles. The van der Waals surface area contributed by atoms with Gasteiger partial charge in [-0.15, -0.1) is 0 Å². The molecule has 1 fully saturated rings. The van der Waals surface area contributed by atoms with E-state index >= 15 is 0 Å². The van der Waals surface area contributed by atoms with Gasteiger partial charge in [-0.1, -0.05) is 13.8 Å². The minimum Gasteiger partial charge on any atom is -0.377 e. The van der Waals surface area contributed by atoms with Crippen LogP contribution >= 0.6 is 0 Å². The number of anilines is 1. The first-order valence-corrected chi connectivity index (χ1v) is 7.73. The molecule has 1 aromatic carbocycles. The van der Waals surface area contributed by atoms with Crippen molar-refractivity contribution in [3.8, 4) is 0 Å². The average Bonchev–Trinajstić information content (AvgIpc) is 2.47. The van der Waals surface area contributed by atoms with Crippen molar-refractivity contribution in [2.75, 3.05) is 25.1 Å². The third kappa shape index (κ3) is 4.31. The molecule has 0 bridgehead atoms. The van der Waals surface area contributed by atoms with Crippen molar-refractivity contribution in [1.82, 2.24) is 4.90 Å². The van der Waals surface area contributed by atoms with Gasteiger partial charge in [0.15, 0.2) is 0 Å². The van der Waals surface area contributed by atoms with Gasteiger partial charge in [-0.3, -0.25) is 9.59 Å². The molecule has 0 saturated carbocycles. The van der Waals surface area contributed by atoms with E-state index in [-0.39, 0.29) is 17.9 Å². The SMILES string of the molecule is CC(=O)Nc1ccc(C(=O)N2CCOC[C@H]2CC(C)C)cc1. The number of carbonyl (C=O) groups excluding carboxylic acids is 2. The molecule has 1 aromatic rings. The average molecular weight is 304 g/mol. The number of nitrogens with zero attached hydrogens (tertiary/aromatic N) is 1. The molecule has 2 rings (SSSR count). The van der Waals surface area contributed by atoms with E-state index in [9.17, 15) is 9.59 Å². The molecule has 0 spiro atoms. The van der Waals surface area contributed by atoms with Gasteiger partial charge in [0.25, 0.3) is 5.91 Å². The van der Waals surface area contributed by atoms with E-state index in [2.05, 4.69) is 19.2 Å². The number of ether oxygens (including phenoxy) is 1. The summed E-state index contributed by atoms with van der Waals surface area (Å²) in [5.74, 6) is 0.428. The summed E-state index contributed by atoms with van der Waals surface area (Å²) in [5, 5.41) is 2.70. The highest BCUT2D eigenvalue weighted by molar-refractivity contribution is 5.95. The highest BCUT2D eigenvalue weighted by Gasteiger charge is 2.28. The fourth-order valence-corrected chi connectivity index (χ4v) is 2.73. The zero-order valence-electron chi connectivity index (χ0n) is 13.5. The lowest BCUT2D eigenvalue weighted by atomic mass is 10.0. The van der Waals surface area contributed by atoms with Gasteiger partial charge < -0.3 is 15.0 Å². The predicted octanol–water partition coefficient (Wildman–Crippen LogP) is 2.53. The van der Waals surface area contributed by atoms with E-state index in [0.29, 0.717) is 36.9 Å². The molecule has 120 valence electrons. The lowest BCUT2D eigenvalue weighted by Crippen LogP contribution is -2.49. The molecule has 5 heteroatoms. The molecule has 0 aliphatic carbocycles. The van der Waals surface area contributed by atoms with E-state index in [1.165, 1.54) is 6.92 Å². The standard InChI is InChI=1S/C17H24N2O3/c1-12(2)10-16-11-22-9-8-19(16)17(21)14-4-6-15(7-5-14)18-13(3)20/h4-7,12,16H,8-11H2,1-3H3,(H,18,20)/t16-/m1/s1. The Hall–Kier alpha value is -1.88. The summed E-state index contributed by atoms with van der Waals surface area (Å²) in [4.78, 5) is 25.6. The van der Waals surface area contributed by atoms with Gasteiger partial charge in [-0.05, 0) is 36.6 Å². The van der Waals surface area contributed by atoms with Crippen molar-refractivity contribution in [1.29, 1.82) is 0 Å². The molecule has 1 N–H and O–H groups in total. The number of nitrogens with one attached hydrogen (secondary N) is 1. The number of hydrogen-bond acceptors (Lipinski definition) is 3. The molecule has 1 aliphatic rings. The Kier molecular flexibility index (Phi) is 5.55. The van der Waals surface area contributed by atoms with E-state index in [1.807, 2.05) is 4.90 Å². The van der Waals surface area contributed by atoms with Crippen molar-refractivity contribution in [2.45, 2.75) is 33.2 Å². The van der Waals surface area contributed by atoms with E-state index in [0.717, 1.165) is 6.42 Å². The van der Waals surface area contributed by atoms with Crippen LogP contribution < -0.4 is 5.32 Å².